The average molecular weight is 291 g/mol. The second-order valence-electron chi connectivity index (χ2n) is 7.17. The molecule has 2 unspecified atom stereocenters. The predicted molar refractivity (Wildman–Crippen MR) is 83.6 cm³/mol. The van der Waals surface area contributed by atoms with Gasteiger partial charge in [-0.2, -0.15) is 0 Å². The van der Waals surface area contributed by atoms with E-state index in [4.69, 9.17) is 0 Å². The van der Waals surface area contributed by atoms with Gasteiger partial charge in [-0.05, 0) is 38.3 Å². The van der Waals surface area contributed by atoms with Crippen LogP contribution in [0.2, 0.25) is 0 Å². The topological polar surface area (TPSA) is 20.3 Å². The number of halogens is 1. The molecule has 21 heavy (non-hydrogen) atoms. The minimum atomic E-state index is -0.174. The number of benzene rings is 1. The summed E-state index contributed by atoms with van der Waals surface area (Å²) in [6.45, 7) is 7.16. The molecule has 0 amide bonds. The summed E-state index contributed by atoms with van der Waals surface area (Å²) in [6.07, 6.45) is 2.59. The van der Waals surface area contributed by atoms with Gasteiger partial charge in [0.15, 0.2) is 0 Å². The fourth-order valence-electron chi connectivity index (χ4n) is 3.27. The van der Waals surface area contributed by atoms with Gasteiger partial charge in [-0.15, -0.1) is 0 Å². The number of rotatable bonds is 4. The second kappa shape index (κ2) is 6.27. The van der Waals surface area contributed by atoms with Crippen LogP contribution in [0.15, 0.2) is 24.3 Å². The van der Waals surface area contributed by atoms with Crippen LogP contribution < -0.4 is 0 Å². The fraction of sp³-hybridized carbons (Fsp3) is 0.611. The monoisotopic (exact) mass is 291 g/mol. The van der Waals surface area contributed by atoms with E-state index in [9.17, 15) is 9.18 Å². The van der Waals surface area contributed by atoms with Crippen LogP contribution in [-0.2, 0) is 4.79 Å². The molecule has 0 spiro atoms. The van der Waals surface area contributed by atoms with Gasteiger partial charge >= 0.3 is 0 Å². The van der Waals surface area contributed by atoms with Gasteiger partial charge in [0.25, 0.3) is 0 Å². The van der Waals surface area contributed by atoms with Crippen LogP contribution in [0.3, 0.4) is 0 Å². The highest BCUT2D eigenvalue weighted by Crippen LogP contribution is 2.37. The lowest BCUT2D eigenvalue weighted by atomic mass is 9.71. The average Bonchev–Trinajstić information content (AvgIpc) is 2.42. The van der Waals surface area contributed by atoms with Gasteiger partial charge in [-0.25, -0.2) is 4.39 Å². The summed E-state index contributed by atoms with van der Waals surface area (Å²) in [5, 5.41) is 0. The van der Waals surface area contributed by atoms with E-state index in [1.807, 2.05) is 26.1 Å². The molecule has 0 N–H and O–H groups in total. The Bertz CT molecular complexity index is 512. The molecule has 1 aliphatic rings. The maximum Gasteiger partial charge on any atom is 0.137 e. The number of carbonyl (C=O) groups excluding carboxylic acids is 1. The number of hydrogen-bond acceptors (Lipinski definition) is 2. The zero-order valence-corrected chi connectivity index (χ0v) is 13.5. The summed E-state index contributed by atoms with van der Waals surface area (Å²) in [6, 6.07) is 6.86. The molecule has 1 aliphatic carbocycles. The second-order valence-corrected chi connectivity index (χ2v) is 7.17. The Kier molecular flexibility index (Phi) is 4.82. The molecule has 1 aromatic rings. The molecule has 1 aromatic carbocycles. The minimum absolute atomic E-state index is 0.0240. The number of hydrogen-bond donors (Lipinski definition) is 0. The SMILES string of the molecule is CC(c1ccccc1F)N(C)CC1CC(C)(C)CCC1=O. The molecule has 2 rings (SSSR count). The standard InChI is InChI=1S/C18H26FNO/c1-13(15-7-5-6-8-16(15)19)20(4)12-14-11-18(2,3)10-9-17(14)21/h5-8,13-14H,9-12H2,1-4H3. The molecule has 116 valence electrons. The zero-order valence-electron chi connectivity index (χ0n) is 13.5. The van der Waals surface area contributed by atoms with Crippen molar-refractivity contribution in [2.75, 3.05) is 13.6 Å². The van der Waals surface area contributed by atoms with Gasteiger partial charge in [0.05, 0.1) is 0 Å². The Morgan fingerprint density at radius 1 is 1.38 bits per heavy atom. The zero-order chi connectivity index (χ0) is 15.6. The molecule has 0 heterocycles. The smallest absolute Gasteiger partial charge is 0.137 e. The lowest BCUT2D eigenvalue weighted by Gasteiger charge is -2.37. The van der Waals surface area contributed by atoms with Crippen LogP contribution in [0, 0.1) is 17.2 Å². The van der Waals surface area contributed by atoms with Crippen molar-refractivity contribution in [1.82, 2.24) is 4.90 Å². The van der Waals surface area contributed by atoms with Gasteiger partial charge in [0, 0.05) is 30.5 Å². The van der Waals surface area contributed by atoms with Crippen LogP contribution in [0.25, 0.3) is 0 Å². The van der Waals surface area contributed by atoms with Crippen molar-refractivity contribution in [3.63, 3.8) is 0 Å². The van der Waals surface area contributed by atoms with E-state index in [2.05, 4.69) is 18.7 Å². The summed E-state index contributed by atoms with van der Waals surface area (Å²) >= 11 is 0. The van der Waals surface area contributed by atoms with E-state index in [0.717, 1.165) is 12.8 Å². The molecule has 2 atom stereocenters. The summed E-state index contributed by atoms with van der Waals surface area (Å²) in [4.78, 5) is 14.2. The molecule has 0 aliphatic heterocycles. The Labute approximate surface area is 127 Å². The van der Waals surface area contributed by atoms with Crippen molar-refractivity contribution in [1.29, 1.82) is 0 Å². The molecule has 0 saturated heterocycles. The third kappa shape index (κ3) is 3.91. The molecule has 1 fully saturated rings. The first-order valence-corrected chi connectivity index (χ1v) is 7.77. The summed E-state index contributed by atoms with van der Waals surface area (Å²) in [7, 11) is 1.98. The number of Topliss-reactive ketones (excluding diaryl/α,β-unsaturated/α-hetero) is 1. The van der Waals surface area contributed by atoms with Gasteiger partial charge in [0.1, 0.15) is 11.6 Å². The van der Waals surface area contributed by atoms with Crippen molar-refractivity contribution < 1.29 is 9.18 Å². The largest absolute Gasteiger partial charge is 0.299 e. The van der Waals surface area contributed by atoms with E-state index in [0.29, 0.717) is 24.3 Å². The van der Waals surface area contributed by atoms with E-state index < -0.39 is 0 Å². The maximum absolute atomic E-state index is 13.9. The number of ketones is 1. The van der Waals surface area contributed by atoms with E-state index in [-0.39, 0.29) is 23.2 Å². The highest BCUT2D eigenvalue weighted by Gasteiger charge is 2.34. The summed E-state index contributed by atoms with van der Waals surface area (Å²) in [5.74, 6) is 0.266. The van der Waals surface area contributed by atoms with Crippen molar-refractivity contribution in [2.45, 2.75) is 46.1 Å². The molecular formula is C18H26FNO. The summed E-state index contributed by atoms with van der Waals surface area (Å²) < 4.78 is 13.9. The molecule has 0 aromatic heterocycles. The maximum atomic E-state index is 13.9. The Hall–Kier alpha value is -1.22. The first kappa shape index (κ1) is 16.2. The lowest BCUT2D eigenvalue weighted by molar-refractivity contribution is -0.127. The molecular weight excluding hydrogens is 265 g/mol. The Balaban J connectivity index is 2.05. The van der Waals surface area contributed by atoms with Crippen molar-refractivity contribution >= 4 is 5.78 Å². The predicted octanol–water partition coefficient (Wildman–Crippen LogP) is 4.21. The minimum Gasteiger partial charge on any atom is -0.299 e. The van der Waals surface area contributed by atoms with E-state index >= 15 is 0 Å². The Morgan fingerprint density at radius 2 is 2.05 bits per heavy atom. The normalized spacial score (nSPS) is 23.3. The molecule has 0 bridgehead atoms. The van der Waals surface area contributed by atoms with Crippen LogP contribution in [0.4, 0.5) is 4.39 Å². The van der Waals surface area contributed by atoms with Crippen molar-refractivity contribution in [3.8, 4) is 0 Å². The van der Waals surface area contributed by atoms with Crippen LogP contribution >= 0.6 is 0 Å². The van der Waals surface area contributed by atoms with Gasteiger partial charge in [-0.1, -0.05) is 32.0 Å². The van der Waals surface area contributed by atoms with E-state index in [1.54, 1.807) is 6.07 Å². The third-order valence-corrected chi connectivity index (χ3v) is 4.83. The van der Waals surface area contributed by atoms with Crippen LogP contribution in [0.5, 0.6) is 0 Å². The lowest BCUT2D eigenvalue weighted by Crippen LogP contribution is -2.38. The van der Waals surface area contributed by atoms with Gasteiger partial charge in [0.2, 0.25) is 0 Å². The highest BCUT2D eigenvalue weighted by atomic mass is 19.1. The van der Waals surface area contributed by atoms with Crippen molar-refractivity contribution in [2.24, 2.45) is 11.3 Å². The highest BCUT2D eigenvalue weighted by molar-refractivity contribution is 5.82. The Morgan fingerprint density at radius 3 is 2.71 bits per heavy atom. The van der Waals surface area contributed by atoms with Crippen LogP contribution in [-0.4, -0.2) is 24.3 Å². The van der Waals surface area contributed by atoms with Gasteiger partial charge < -0.3 is 0 Å². The third-order valence-electron chi connectivity index (χ3n) is 4.83. The molecule has 2 nitrogen and oxygen atoms in total. The van der Waals surface area contributed by atoms with E-state index in [1.165, 1.54) is 6.07 Å². The van der Waals surface area contributed by atoms with Crippen molar-refractivity contribution in [3.05, 3.63) is 35.6 Å². The number of nitrogens with zero attached hydrogens (tertiary/aromatic N) is 1. The molecule has 3 heteroatoms. The van der Waals surface area contributed by atoms with Crippen LogP contribution in [0.1, 0.15) is 51.6 Å². The first-order valence-electron chi connectivity index (χ1n) is 7.77. The first-order chi connectivity index (χ1) is 9.80. The molecule has 1 saturated carbocycles. The molecule has 0 radical (unpaired) electrons. The quantitative estimate of drug-likeness (QED) is 0.828. The number of carbonyl (C=O) groups is 1. The van der Waals surface area contributed by atoms with Gasteiger partial charge in [-0.3, -0.25) is 9.69 Å². The fourth-order valence-corrected chi connectivity index (χ4v) is 3.27. The summed E-state index contributed by atoms with van der Waals surface area (Å²) in [5.41, 5.74) is 0.934.